The maximum atomic E-state index is 12.5. The number of anilines is 2. The molecular formula is C21H20ClN3O. The minimum atomic E-state index is -0.220. The summed E-state index contributed by atoms with van der Waals surface area (Å²) in [4.78, 5) is 16.7. The number of benzene rings is 2. The van der Waals surface area contributed by atoms with Crippen LogP contribution in [0.3, 0.4) is 0 Å². The molecule has 4 nitrogen and oxygen atoms in total. The molecule has 3 aromatic rings. The summed E-state index contributed by atoms with van der Waals surface area (Å²) in [6.45, 7) is 4.67. The third-order valence-electron chi connectivity index (χ3n) is 4.19. The fourth-order valence-corrected chi connectivity index (χ4v) is 2.76. The van der Waals surface area contributed by atoms with Crippen molar-refractivity contribution in [1.82, 2.24) is 4.98 Å². The van der Waals surface area contributed by atoms with Gasteiger partial charge in [-0.15, -0.1) is 0 Å². The summed E-state index contributed by atoms with van der Waals surface area (Å²) in [5.41, 5.74) is 5.35. The van der Waals surface area contributed by atoms with Crippen LogP contribution in [0, 0.1) is 13.8 Å². The summed E-state index contributed by atoms with van der Waals surface area (Å²) in [7, 11) is 0. The van der Waals surface area contributed by atoms with Gasteiger partial charge >= 0.3 is 0 Å². The zero-order chi connectivity index (χ0) is 18.5. The lowest BCUT2D eigenvalue weighted by Gasteiger charge is -2.11. The van der Waals surface area contributed by atoms with Gasteiger partial charge in [-0.05, 0) is 48.7 Å². The lowest BCUT2D eigenvalue weighted by atomic mass is 10.1. The van der Waals surface area contributed by atoms with Crippen molar-refractivity contribution in [2.24, 2.45) is 0 Å². The SMILES string of the molecule is Cc1ccccc1CNc1cncc(C(=O)Nc2cc(Cl)ccc2C)c1. The number of pyridine rings is 1. The molecule has 5 heteroatoms. The van der Waals surface area contributed by atoms with Crippen LogP contribution in [0.2, 0.25) is 5.02 Å². The van der Waals surface area contributed by atoms with Crippen molar-refractivity contribution < 1.29 is 4.79 Å². The third kappa shape index (κ3) is 4.41. The predicted octanol–water partition coefficient (Wildman–Crippen LogP) is 5.22. The molecular weight excluding hydrogens is 346 g/mol. The Balaban J connectivity index is 1.71. The molecule has 132 valence electrons. The quantitative estimate of drug-likeness (QED) is 0.652. The number of nitrogens with zero attached hydrogens (tertiary/aromatic N) is 1. The molecule has 0 atom stereocenters. The fourth-order valence-electron chi connectivity index (χ4n) is 2.59. The molecule has 0 unspecified atom stereocenters. The highest BCUT2D eigenvalue weighted by Gasteiger charge is 2.10. The van der Waals surface area contributed by atoms with Gasteiger partial charge in [0.05, 0.1) is 11.3 Å². The summed E-state index contributed by atoms with van der Waals surface area (Å²) in [6, 6.07) is 15.4. The first-order valence-electron chi connectivity index (χ1n) is 8.34. The van der Waals surface area contributed by atoms with Crippen LogP contribution in [-0.4, -0.2) is 10.9 Å². The number of carbonyl (C=O) groups excluding carboxylic acids is 1. The molecule has 2 aromatic carbocycles. The van der Waals surface area contributed by atoms with Crippen molar-refractivity contribution in [2.75, 3.05) is 10.6 Å². The van der Waals surface area contributed by atoms with Crippen molar-refractivity contribution >= 4 is 28.9 Å². The Kier molecular flexibility index (Phi) is 5.54. The van der Waals surface area contributed by atoms with Gasteiger partial charge in [0, 0.05) is 29.6 Å². The molecule has 0 saturated carbocycles. The molecule has 0 aliphatic rings. The van der Waals surface area contributed by atoms with Gasteiger partial charge in [0.1, 0.15) is 0 Å². The highest BCUT2D eigenvalue weighted by Crippen LogP contribution is 2.21. The van der Waals surface area contributed by atoms with E-state index in [9.17, 15) is 4.79 Å². The first kappa shape index (κ1) is 18.0. The molecule has 0 saturated heterocycles. The van der Waals surface area contributed by atoms with Crippen molar-refractivity contribution in [2.45, 2.75) is 20.4 Å². The number of hydrogen-bond donors (Lipinski definition) is 2. The maximum Gasteiger partial charge on any atom is 0.257 e. The Bertz CT molecular complexity index is 940. The lowest BCUT2D eigenvalue weighted by molar-refractivity contribution is 0.102. The second kappa shape index (κ2) is 8.02. The van der Waals surface area contributed by atoms with Crippen LogP contribution in [0.1, 0.15) is 27.0 Å². The van der Waals surface area contributed by atoms with Crippen LogP contribution in [0.15, 0.2) is 60.9 Å². The largest absolute Gasteiger partial charge is 0.380 e. The molecule has 0 bridgehead atoms. The van der Waals surface area contributed by atoms with Gasteiger partial charge < -0.3 is 10.6 Å². The number of aryl methyl sites for hydroxylation is 2. The second-order valence-electron chi connectivity index (χ2n) is 6.16. The van der Waals surface area contributed by atoms with Crippen LogP contribution in [0.4, 0.5) is 11.4 Å². The highest BCUT2D eigenvalue weighted by atomic mass is 35.5. The van der Waals surface area contributed by atoms with Gasteiger partial charge in [-0.25, -0.2) is 0 Å². The van der Waals surface area contributed by atoms with Crippen LogP contribution < -0.4 is 10.6 Å². The average molecular weight is 366 g/mol. The zero-order valence-electron chi connectivity index (χ0n) is 14.7. The number of halogens is 1. The van der Waals surface area contributed by atoms with Crippen LogP contribution in [-0.2, 0) is 6.54 Å². The van der Waals surface area contributed by atoms with E-state index in [0.717, 1.165) is 11.3 Å². The van der Waals surface area contributed by atoms with Crippen molar-refractivity contribution in [1.29, 1.82) is 0 Å². The summed E-state index contributed by atoms with van der Waals surface area (Å²) in [6.07, 6.45) is 3.26. The highest BCUT2D eigenvalue weighted by molar-refractivity contribution is 6.31. The molecule has 1 amide bonds. The molecule has 3 rings (SSSR count). The van der Waals surface area contributed by atoms with Gasteiger partial charge in [-0.3, -0.25) is 9.78 Å². The van der Waals surface area contributed by atoms with Crippen LogP contribution in [0.25, 0.3) is 0 Å². The van der Waals surface area contributed by atoms with E-state index in [0.29, 0.717) is 22.8 Å². The Labute approximate surface area is 158 Å². The molecule has 0 spiro atoms. The molecule has 26 heavy (non-hydrogen) atoms. The van der Waals surface area contributed by atoms with Crippen LogP contribution in [0.5, 0.6) is 0 Å². The maximum absolute atomic E-state index is 12.5. The minimum Gasteiger partial charge on any atom is -0.380 e. The molecule has 1 heterocycles. The normalized spacial score (nSPS) is 10.4. The third-order valence-corrected chi connectivity index (χ3v) is 4.43. The number of amides is 1. The monoisotopic (exact) mass is 365 g/mol. The summed E-state index contributed by atoms with van der Waals surface area (Å²) in [5, 5.41) is 6.79. The summed E-state index contributed by atoms with van der Waals surface area (Å²) < 4.78 is 0. The van der Waals surface area contributed by atoms with E-state index in [1.165, 1.54) is 11.1 Å². The molecule has 1 aromatic heterocycles. The van der Waals surface area contributed by atoms with E-state index in [2.05, 4.69) is 34.7 Å². The van der Waals surface area contributed by atoms with E-state index in [1.807, 2.05) is 25.1 Å². The van der Waals surface area contributed by atoms with Gasteiger partial charge in [0.2, 0.25) is 0 Å². The van der Waals surface area contributed by atoms with Crippen molar-refractivity contribution in [3.63, 3.8) is 0 Å². The van der Waals surface area contributed by atoms with Crippen LogP contribution >= 0.6 is 11.6 Å². The second-order valence-corrected chi connectivity index (χ2v) is 6.59. The molecule has 0 aliphatic carbocycles. The zero-order valence-corrected chi connectivity index (χ0v) is 15.5. The molecule has 2 N–H and O–H groups in total. The van der Waals surface area contributed by atoms with E-state index in [4.69, 9.17) is 11.6 Å². The summed E-state index contributed by atoms with van der Waals surface area (Å²) >= 11 is 6.01. The smallest absolute Gasteiger partial charge is 0.257 e. The molecule has 0 fully saturated rings. The lowest BCUT2D eigenvalue weighted by Crippen LogP contribution is -2.13. The van der Waals surface area contributed by atoms with Gasteiger partial charge in [-0.2, -0.15) is 0 Å². The topological polar surface area (TPSA) is 54.0 Å². The number of nitrogens with one attached hydrogen (secondary N) is 2. The van der Waals surface area contributed by atoms with Gasteiger partial charge in [0.25, 0.3) is 5.91 Å². The number of carbonyl (C=O) groups is 1. The summed E-state index contributed by atoms with van der Waals surface area (Å²) in [5.74, 6) is -0.220. The van der Waals surface area contributed by atoms with Crippen molar-refractivity contribution in [3.8, 4) is 0 Å². The Morgan fingerprint density at radius 3 is 2.65 bits per heavy atom. The Morgan fingerprint density at radius 1 is 1.04 bits per heavy atom. The minimum absolute atomic E-state index is 0.220. The molecule has 0 aliphatic heterocycles. The standard InChI is InChI=1S/C21H20ClN3O/c1-14-5-3-4-6-16(14)12-24-19-9-17(11-23-13-19)21(26)25-20-10-18(22)8-7-15(20)2/h3-11,13,24H,12H2,1-2H3,(H,25,26). The number of hydrogen-bond acceptors (Lipinski definition) is 3. The first-order chi connectivity index (χ1) is 12.5. The average Bonchev–Trinajstić information content (AvgIpc) is 2.64. The van der Waals surface area contributed by atoms with E-state index < -0.39 is 0 Å². The number of aromatic nitrogens is 1. The van der Waals surface area contributed by atoms with E-state index in [1.54, 1.807) is 30.6 Å². The van der Waals surface area contributed by atoms with Crippen molar-refractivity contribution in [3.05, 3.63) is 88.2 Å². The predicted molar refractivity (Wildman–Crippen MR) is 107 cm³/mol. The first-order valence-corrected chi connectivity index (χ1v) is 8.71. The fraction of sp³-hybridized carbons (Fsp3) is 0.143. The van der Waals surface area contributed by atoms with Gasteiger partial charge in [-0.1, -0.05) is 41.9 Å². The number of rotatable bonds is 5. The van der Waals surface area contributed by atoms with Gasteiger partial charge in [0.15, 0.2) is 0 Å². The van der Waals surface area contributed by atoms with E-state index in [-0.39, 0.29) is 5.91 Å². The Morgan fingerprint density at radius 2 is 1.85 bits per heavy atom. The molecule has 0 radical (unpaired) electrons. The van der Waals surface area contributed by atoms with E-state index >= 15 is 0 Å². The Hall–Kier alpha value is -2.85.